The topological polar surface area (TPSA) is 245 Å². The second-order valence-electron chi connectivity index (χ2n) is 11.2. The molecule has 0 saturated carbocycles. The fourth-order valence-corrected chi connectivity index (χ4v) is 5.99. The van der Waals surface area contributed by atoms with Gasteiger partial charge in [-0.3, -0.25) is 9.11 Å². The van der Waals surface area contributed by atoms with Crippen LogP contribution < -0.4 is 0 Å². The van der Waals surface area contributed by atoms with Crippen LogP contribution in [0.4, 0.5) is 0 Å². The Labute approximate surface area is 259 Å². The molecule has 2 aliphatic heterocycles. The van der Waals surface area contributed by atoms with E-state index in [4.69, 9.17) is 28.1 Å². The van der Waals surface area contributed by atoms with E-state index in [0.29, 0.717) is 6.61 Å². The quantitative estimate of drug-likeness (QED) is 0.0640. The lowest BCUT2D eigenvalue weighted by Gasteiger charge is -2.42. The van der Waals surface area contributed by atoms with Gasteiger partial charge >= 0.3 is 20.8 Å². The van der Waals surface area contributed by atoms with E-state index in [-0.39, 0.29) is 13.2 Å². The lowest BCUT2D eigenvalue weighted by molar-refractivity contribution is -0.315. The van der Waals surface area contributed by atoms with Crippen molar-refractivity contribution in [3.8, 4) is 0 Å². The first-order chi connectivity index (χ1) is 20.7. The molecule has 0 aromatic heterocycles. The minimum Gasteiger partial charge on any atom is -0.388 e. The van der Waals surface area contributed by atoms with Crippen molar-refractivity contribution in [1.82, 2.24) is 0 Å². The van der Waals surface area contributed by atoms with Crippen molar-refractivity contribution in [2.24, 2.45) is 0 Å². The smallest absolute Gasteiger partial charge is 0.388 e. The van der Waals surface area contributed by atoms with Gasteiger partial charge in [0.05, 0.1) is 19.8 Å². The zero-order valence-corrected chi connectivity index (χ0v) is 26.7. The summed E-state index contributed by atoms with van der Waals surface area (Å²) < 4.78 is 92.9. The summed E-state index contributed by atoms with van der Waals surface area (Å²) in [5.41, 5.74) is 0. The Kier molecular flexibility index (Phi) is 17.9. The normalized spacial score (nSPS) is 30.5. The van der Waals surface area contributed by atoms with Gasteiger partial charge in [0.25, 0.3) is 0 Å². The van der Waals surface area contributed by atoms with E-state index in [0.717, 1.165) is 25.7 Å². The Hall–Kier alpha value is -0.580. The number of hydrogen-bond donors (Lipinski definition) is 6. The maximum absolute atomic E-state index is 11.3. The summed E-state index contributed by atoms with van der Waals surface area (Å²) in [6, 6.07) is 0. The van der Waals surface area contributed by atoms with Crippen molar-refractivity contribution in [1.29, 1.82) is 0 Å². The van der Waals surface area contributed by atoms with E-state index >= 15 is 0 Å². The summed E-state index contributed by atoms with van der Waals surface area (Å²) in [4.78, 5) is 0. The first-order valence-corrected chi connectivity index (χ1v) is 18.0. The molecule has 16 nitrogen and oxygen atoms in total. The molecule has 0 spiro atoms. The fraction of sp³-hybridized carbons (Fsp3) is 1.00. The second kappa shape index (κ2) is 19.9. The Bertz CT molecular complexity index is 996. The molecule has 0 amide bonds. The Morgan fingerprint density at radius 1 is 0.795 bits per heavy atom. The van der Waals surface area contributed by atoms with Crippen molar-refractivity contribution in [2.75, 3.05) is 26.4 Å². The third-order valence-corrected chi connectivity index (χ3v) is 8.42. The van der Waals surface area contributed by atoms with Crippen molar-refractivity contribution in [3.05, 3.63) is 0 Å². The molecule has 262 valence electrons. The van der Waals surface area contributed by atoms with E-state index in [1.54, 1.807) is 0 Å². The molecule has 2 saturated heterocycles. The molecule has 44 heavy (non-hydrogen) atoms. The lowest BCUT2D eigenvalue weighted by atomic mass is 9.99. The Morgan fingerprint density at radius 2 is 1.36 bits per heavy atom. The first kappa shape index (κ1) is 39.6. The van der Waals surface area contributed by atoms with Crippen LogP contribution in [0, 0.1) is 0 Å². The number of ether oxygens (including phenoxy) is 4. The fourth-order valence-electron chi connectivity index (χ4n) is 5.17. The van der Waals surface area contributed by atoms with Crippen LogP contribution in [-0.2, 0) is 48.1 Å². The van der Waals surface area contributed by atoms with Gasteiger partial charge < -0.3 is 39.4 Å². The van der Waals surface area contributed by atoms with Gasteiger partial charge in [-0.15, -0.1) is 0 Å². The predicted molar refractivity (Wildman–Crippen MR) is 153 cm³/mol. The average Bonchev–Trinajstić information content (AvgIpc) is 3.30. The molecule has 0 unspecified atom stereocenters. The van der Waals surface area contributed by atoms with E-state index < -0.39 is 82.5 Å². The average molecular weight is 683 g/mol. The van der Waals surface area contributed by atoms with Gasteiger partial charge in [-0.25, -0.2) is 8.37 Å². The van der Waals surface area contributed by atoms with Gasteiger partial charge in [0, 0.05) is 6.61 Å². The van der Waals surface area contributed by atoms with Crippen molar-refractivity contribution < 1.29 is 73.7 Å². The molecule has 0 aromatic carbocycles. The van der Waals surface area contributed by atoms with E-state index in [9.17, 15) is 37.3 Å². The minimum absolute atomic E-state index is 0.165. The highest BCUT2D eigenvalue weighted by Gasteiger charge is 2.51. The number of aliphatic hydroxyl groups is 4. The summed E-state index contributed by atoms with van der Waals surface area (Å²) in [5, 5.41) is 42.0. The van der Waals surface area contributed by atoms with Gasteiger partial charge in [-0.05, 0) is 6.42 Å². The molecule has 0 aliphatic carbocycles. The molecule has 18 heteroatoms. The monoisotopic (exact) mass is 682 g/mol. The zero-order valence-electron chi connectivity index (χ0n) is 25.1. The first-order valence-electron chi connectivity index (χ1n) is 15.2. The van der Waals surface area contributed by atoms with Crippen LogP contribution in [0.2, 0.25) is 0 Å². The molecular formula is C26H50O16S2. The van der Waals surface area contributed by atoms with Crippen LogP contribution in [0.15, 0.2) is 0 Å². The Morgan fingerprint density at radius 3 is 1.91 bits per heavy atom. The van der Waals surface area contributed by atoms with Gasteiger partial charge in [0.1, 0.15) is 48.8 Å². The molecule has 2 aliphatic rings. The van der Waals surface area contributed by atoms with E-state index in [1.807, 2.05) is 0 Å². The van der Waals surface area contributed by atoms with Crippen molar-refractivity contribution in [3.63, 3.8) is 0 Å². The van der Waals surface area contributed by atoms with Crippen LogP contribution in [0.1, 0.15) is 84.0 Å². The molecule has 2 fully saturated rings. The predicted octanol–water partition coefficient (Wildman–Crippen LogP) is 0.664. The molecule has 6 N–H and O–H groups in total. The van der Waals surface area contributed by atoms with Gasteiger partial charge in [0.2, 0.25) is 0 Å². The molecule has 0 aromatic rings. The van der Waals surface area contributed by atoms with Crippen LogP contribution in [0.3, 0.4) is 0 Å². The maximum atomic E-state index is 11.3. The van der Waals surface area contributed by atoms with E-state index in [2.05, 4.69) is 15.3 Å². The molecule has 9 atom stereocenters. The van der Waals surface area contributed by atoms with Crippen LogP contribution in [-0.4, -0.2) is 128 Å². The summed E-state index contributed by atoms with van der Waals surface area (Å²) in [6.07, 6.45) is -0.889. The number of unbranched alkanes of at least 4 members (excludes halogenated alkanes) is 11. The van der Waals surface area contributed by atoms with E-state index in [1.165, 1.54) is 51.4 Å². The van der Waals surface area contributed by atoms with Gasteiger partial charge in [-0.1, -0.05) is 77.6 Å². The molecular weight excluding hydrogens is 632 g/mol. The van der Waals surface area contributed by atoms with Gasteiger partial charge in [-0.2, -0.15) is 16.8 Å². The standard InChI is InChI=1S/C26H50O16S2/c1-2-3-4-5-6-7-8-9-10-11-12-13-14-37-15-18(27)23-24(19(28)16-38-23)41-26-22(30)25(42-44(34,35)36)21(29)20(40-26)17-39-43(31,32)33/h18-30H,2-17H2,1H3,(H,31,32,33)(H,34,35,36)/t18-,19+,20+,21-,22+,23+,24-,25-,26-/m0/s1. The lowest BCUT2D eigenvalue weighted by Crippen LogP contribution is -2.62. The summed E-state index contributed by atoms with van der Waals surface area (Å²) in [6.45, 7) is 1.09. The highest BCUT2D eigenvalue weighted by molar-refractivity contribution is 7.81. The van der Waals surface area contributed by atoms with Crippen LogP contribution in [0.25, 0.3) is 0 Å². The van der Waals surface area contributed by atoms with Crippen molar-refractivity contribution in [2.45, 2.75) is 139 Å². The largest absolute Gasteiger partial charge is 0.397 e. The molecule has 2 heterocycles. The highest BCUT2D eigenvalue weighted by atomic mass is 32.3. The van der Waals surface area contributed by atoms with Gasteiger partial charge in [0.15, 0.2) is 6.29 Å². The van der Waals surface area contributed by atoms with Crippen molar-refractivity contribution >= 4 is 20.8 Å². The highest BCUT2D eigenvalue weighted by Crippen LogP contribution is 2.30. The third kappa shape index (κ3) is 14.9. The number of hydrogen-bond acceptors (Lipinski definition) is 14. The zero-order chi connectivity index (χ0) is 32.8. The summed E-state index contributed by atoms with van der Waals surface area (Å²) in [5.74, 6) is 0. The number of aliphatic hydroxyl groups excluding tert-OH is 4. The molecule has 0 bridgehead atoms. The summed E-state index contributed by atoms with van der Waals surface area (Å²) in [7, 11) is -10.3. The SMILES string of the molecule is CCCCCCCCCCCCCCOC[C@H](O)[C@H]1OC[C@@H](O)[C@@H]1O[C@@H]1O[C@H](COS(=O)(=O)O)[C@H](O)[C@H](OS(=O)(=O)O)[C@H]1O. The maximum Gasteiger partial charge on any atom is 0.397 e. The second-order valence-corrected chi connectivity index (χ2v) is 13.4. The third-order valence-electron chi connectivity index (χ3n) is 7.52. The summed E-state index contributed by atoms with van der Waals surface area (Å²) >= 11 is 0. The van der Waals surface area contributed by atoms with Crippen LogP contribution >= 0.6 is 0 Å². The number of rotatable bonds is 23. The molecule has 0 radical (unpaired) electrons. The Balaban J connectivity index is 1.81. The van der Waals surface area contributed by atoms with Crippen LogP contribution in [0.5, 0.6) is 0 Å². The minimum atomic E-state index is -5.24. The molecule has 2 rings (SSSR count).